The summed E-state index contributed by atoms with van der Waals surface area (Å²) in [6.07, 6.45) is 5.00. The van der Waals surface area contributed by atoms with Crippen LogP contribution in [0.1, 0.15) is 34.1 Å². The molecule has 2 nitrogen and oxygen atoms in total. The molecule has 2 atom stereocenters. The fourth-order valence-electron chi connectivity index (χ4n) is 1.09. The molecular weight excluding hydrogens is 162 g/mol. The lowest BCUT2D eigenvalue weighted by Gasteiger charge is -2.18. The van der Waals surface area contributed by atoms with Crippen molar-refractivity contribution >= 4 is 0 Å². The van der Waals surface area contributed by atoms with Crippen molar-refractivity contribution in [1.29, 1.82) is 0 Å². The number of rotatable bonds is 6. The van der Waals surface area contributed by atoms with E-state index >= 15 is 0 Å². The SMILES string of the molecule is CC=CC(CC)NCC(O)C(C)C. The molecule has 0 spiro atoms. The van der Waals surface area contributed by atoms with Gasteiger partial charge in [-0.15, -0.1) is 0 Å². The fraction of sp³-hybridized carbons (Fsp3) is 0.818. The molecule has 0 aromatic heterocycles. The summed E-state index contributed by atoms with van der Waals surface area (Å²) in [6.45, 7) is 8.90. The summed E-state index contributed by atoms with van der Waals surface area (Å²) in [5, 5.41) is 12.9. The maximum Gasteiger partial charge on any atom is 0.0687 e. The number of hydrogen-bond acceptors (Lipinski definition) is 2. The first kappa shape index (κ1) is 12.7. The molecule has 0 bridgehead atoms. The topological polar surface area (TPSA) is 32.3 Å². The van der Waals surface area contributed by atoms with Crippen molar-refractivity contribution in [2.75, 3.05) is 6.54 Å². The quantitative estimate of drug-likeness (QED) is 0.620. The molecule has 0 aliphatic carbocycles. The predicted octanol–water partition coefficient (Wildman–Crippen LogP) is 1.95. The zero-order valence-electron chi connectivity index (χ0n) is 9.25. The smallest absolute Gasteiger partial charge is 0.0687 e. The van der Waals surface area contributed by atoms with E-state index in [-0.39, 0.29) is 6.10 Å². The van der Waals surface area contributed by atoms with Gasteiger partial charge in [-0.3, -0.25) is 0 Å². The van der Waals surface area contributed by atoms with Gasteiger partial charge in [-0.1, -0.05) is 32.9 Å². The third-order valence-corrected chi connectivity index (χ3v) is 2.22. The van der Waals surface area contributed by atoms with Crippen LogP contribution >= 0.6 is 0 Å². The lowest BCUT2D eigenvalue weighted by molar-refractivity contribution is 0.121. The van der Waals surface area contributed by atoms with Gasteiger partial charge in [0.2, 0.25) is 0 Å². The molecule has 0 aromatic rings. The third-order valence-electron chi connectivity index (χ3n) is 2.22. The van der Waals surface area contributed by atoms with Crippen LogP contribution in [-0.4, -0.2) is 23.8 Å². The van der Waals surface area contributed by atoms with Crippen molar-refractivity contribution in [3.63, 3.8) is 0 Å². The Bertz CT molecular complexity index is 143. The molecule has 0 amide bonds. The largest absolute Gasteiger partial charge is 0.392 e. The molecule has 0 saturated carbocycles. The predicted molar refractivity (Wildman–Crippen MR) is 57.7 cm³/mol. The molecule has 0 fully saturated rings. The highest BCUT2D eigenvalue weighted by Crippen LogP contribution is 2.00. The Balaban J connectivity index is 3.71. The van der Waals surface area contributed by atoms with Crippen LogP contribution in [0.5, 0.6) is 0 Å². The number of aliphatic hydroxyl groups excluding tert-OH is 1. The Morgan fingerprint density at radius 1 is 1.38 bits per heavy atom. The molecule has 13 heavy (non-hydrogen) atoms. The van der Waals surface area contributed by atoms with Crippen LogP contribution in [0.3, 0.4) is 0 Å². The van der Waals surface area contributed by atoms with E-state index in [1.54, 1.807) is 0 Å². The minimum absolute atomic E-state index is 0.237. The van der Waals surface area contributed by atoms with Crippen LogP contribution in [0.2, 0.25) is 0 Å². The molecule has 0 rings (SSSR count). The van der Waals surface area contributed by atoms with Crippen molar-refractivity contribution in [2.24, 2.45) is 5.92 Å². The molecule has 0 aliphatic heterocycles. The average molecular weight is 185 g/mol. The number of aliphatic hydroxyl groups is 1. The van der Waals surface area contributed by atoms with Crippen molar-refractivity contribution in [1.82, 2.24) is 5.32 Å². The van der Waals surface area contributed by atoms with Gasteiger partial charge < -0.3 is 10.4 Å². The minimum Gasteiger partial charge on any atom is -0.392 e. The second-order valence-electron chi connectivity index (χ2n) is 3.76. The highest BCUT2D eigenvalue weighted by molar-refractivity contribution is 4.90. The van der Waals surface area contributed by atoms with E-state index in [4.69, 9.17) is 0 Å². The zero-order valence-corrected chi connectivity index (χ0v) is 9.25. The molecule has 0 saturated heterocycles. The molecule has 78 valence electrons. The highest BCUT2D eigenvalue weighted by atomic mass is 16.3. The fourth-order valence-corrected chi connectivity index (χ4v) is 1.09. The summed E-state index contributed by atoms with van der Waals surface area (Å²) in [5.41, 5.74) is 0. The van der Waals surface area contributed by atoms with E-state index in [2.05, 4.69) is 18.3 Å². The molecule has 0 heterocycles. The van der Waals surface area contributed by atoms with Crippen molar-refractivity contribution < 1.29 is 5.11 Å². The normalized spacial score (nSPS) is 16.8. The zero-order chi connectivity index (χ0) is 10.3. The molecule has 0 aromatic carbocycles. The maximum absolute atomic E-state index is 9.55. The standard InChI is InChI=1S/C11H23NO/c1-5-7-10(6-2)12-8-11(13)9(3)4/h5,7,9-13H,6,8H2,1-4H3. The van der Waals surface area contributed by atoms with Crippen LogP contribution in [-0.2, 0) is 0 Å². The molecule has 2 heteroatoms. The summed E-state index contributed by atoms with van der Waals surface area (Å²) in [4.78, 5) is 0. The third kappa shape index (κ3) is 5.83. The Morgan fingerprint density at radius 3 is 2.38 bits per heavy atom. The van der Waals surface area contributed by atoms with E-state index in [0.29, 0.717) is 18.5 Å². The molecule has 2 unspecified atom stereocenters. The van der Waals surface area contributed by atoms with Crippen LogP contribution in [0.15, 0.2) is 12.2 Å². The maximum atomic E-state index is 9.55. The minimum atomic E-state index is -0.237. The first-order valence-corrected chi connectivity index (χ1v) is 5.16. The number of hydrogen-bond donors (Lipinski definition) is 2. The summed E-state index contributed by atoms with van der Waals surface area (Å²) in [7, 11) is 0. The molecular formula is C11H23NO. The van der Waals surface area contributed by atoms with Crippen LogP contribution in [0.4, 0.5) is 0 Å². The Labute approximate surface area is 82.0 Å². The van der Waals surface area contributed by atoms with E-state index in [1.807, 2.05) is 26.8 Å². The monoisotopic (exact) mass is 185 g/mol. The first-order valence-electron chi connectivity index (χ1n) is 5.16. The van der Waals surface area contributed by atoms with Gasteiger partial charge in [0.05, 0.1) is 6.10 Å². The van der Waals surface area contributed by atoms with Gasteiger partial charge >= 0.3 is 0 Å². The van der Waals surface area contributed by atoms with Gasteiger partial charge in [-0.25, -0.2) is 0 Å². The summed E-state index contributed by atoms with van der Waals surface area (Å²) in [6, 6.07) is 0.401. The Hall–Kier alpha value is -0.340. The van der Waals surface area contributed by atoms with Gasteiger partial charge in [0, 0.05) is 12.6 Å². The van der Waals surface area contributed by atoms with Crippen LogP contribution in [0, 0.1) is 5.92 Å². The van der Waals surface area contributed by atoms with Gasteiger partial charge in [0.15, 0.2) is 0 Å². The van der Waals surface area contributed by atoms with Gasteiger partial charge in [0.25, 0.3) is 0 Å². The first-order chi connectivity index (χ1) is 6.11. The molecule has 0 aliphatic rings. The van der Waals surface area contributed by atoms with Crippen molar-refractivity contribution in [3.05, 3.63) is 12.2 Å². The van der Waals surface area contributed by atoms with E-state index < -0.39 is 0 Å². The second kappa shape index (κ2) is 7.10. The summed E-state index contributed by atoms with van der Waals surface area (Å²) in [5.74, 6) is 0.329. The van der Waals surface area contributed by atoms with Crippen LogP contribution < -0.4 is 5.32 Å². The molecule has 2 N–H and O–H groups in total. The number of nitrogens with one attached hydrogen (secondary N) is 1. The Kier molecular flexibility index (Phi) is 6.92. The summed E-state index contributed by atoms with van der Waals surface area (Å²) >= 11 is 0. The Morgan fingerprint density at radius 2 is 2.00 bits per heavy atom. The van der Waals surface area contributed by atoms with Gasteiger partial charge in [-0.2, -0.15) is 0 Å². The van der Waals surface area contributed by atoms with Gasteiger partial charge in [-0.05, 0) is 19.3 Å². The van der Waals surface area contributed by atoms with Crippen molar-refractivity contribution in [3.8, 4) is 0 Å². The van der Waals surface area contributed by atoms with E-state index in [9.17, 15) is 5.11 Å². The van der Waals surface area contributed by atoms with E-state index in [0.717, 1.165) is 6.42 Å². The lowest BCUT2D eigenvalue weighted by Crippen LogP contribution is -2.36. The van der Waals surface area contributed by atoms with E-state index in [1.165, 1.54) is 0 Å². The highest BCUT2D eigenvalue weighted by Gasteiger charge is 2.09. The average Bonchev–Trinajstić information content (AvgIpc) is 2.11. The second-order valence-corrected chi connectivity index (χ2v) is 3.76. The van der Waals surface area contributed by atoms with Crippen molar-refractivity contribution in [2.45, 2.75) is 46.3 Å². The van der Waals surface area contributed by atoms with Crippen LogP contribution in [0.25, 0.3) is 0 Å². The lowest BCUT2D eigenvalue weighted by atomic mass is 10.1. The number of allylic oxidation sites excluding steroid dienone is 1. The molecule has 0 radical (unpaired) electrons. The summed E-state index contributed by atoms with van der Waals surface area (Å²) < 4.78 is 0. The van der Waals surface area contributed by atoms with Gasteiger partial charge in [0.1, 0.15) is 0 Å².